The minimum atomic E-state index is 0.102. The molecule has 1 aromatic rings. The van der Waals surface area contributed by atoms with Gasteiger partial charge in [0.05, 0.1) is 0 Å². The van der Waals surface area contributed by atoms with Gasteiger partial charge in [0.2, 0.25) is 5.91 Å². The third-order valence-corrected chi connectivity index (χ3v) is 2.47. The van der Waals surface area contributed by atoms with Gasteiger partial charge in [-0.1, -0.05) is 0 Å². The molecule has 1 aromatic carbocycles. The van der Waals surface area contributed by atoms with E-state index in [4.69, 9.17) is 5.73 Å². The van der Waals surface area contributed by atoms with Crippen molar-refractivity contribution in [1.82, 2.24) is 0 Å². The van der Waals surface area contributed by atoms with E-state index in [0.717, 1.165) is 24.3 Å². The quantitative estimate of drug-likeness (QED) is 0.688. The molecule has 0 aromatic heterocycles. The van der Waals surface area contributed by atoms with E-state index in [9.17, 15) is 4.79 Å². The van der Waals surface area contributed by atoms with E-state index in [1.54, 1.807) is 0 Å². The maximum Gasteiger partial charge on any atom is 0.224 e. The molecule has 0 bridgehead atoms. The molecule has 1 aliphatic rings. The molecule has 1 aliphatic heterocycles. The van der Waals surface area contributed by atoms with Gasteiger partial charge in [0.1, 0.15) is 0 Å². The summed E-state index contributed by atoms with van der Waals surface area (Å²) in [6.45, 7) is 1.39. The summed E-state index contributed by atoms with van der Waals surface area (Å²) >= 11 is 0. The van der Waals surface area contributed by atoms with Gasteiger partial charge in [-0.3, -0.25) is 4.79 Å². The summed E-state index contributed by atoms with van der Waals surface area (Å²) in [5.74, 6) is 0.102. The van der Waals surface area contributed by atoms with Crippen LogP contribution in [0.4, 0.5) is 11.4 Å². The summed E-state index contributed by atoms with van der Waals surface area (Å²) in [6, 6.07) is 5.97. The fourth-order valence-electron chi connectivity index (χ4n) is 1.71. The second-order valence-corrected chi connectivity index (χ2v) is 3.64. The van der Waals surface area contributed by atoms with Crippen LogP contribution >= 0.6 is 0 Å². The fraction of sp³-hybridized carbons (Fsp3) is 0.364. The molecule has 2 rings (SSSR count). The molecule has 4 N–H and O–H groups in total. The van der Waals surface area contributed by atoms with Crippen LogP contribution in [0.2, 0.25) is 0 Å². The summed E-state index contributed by atoms with van der Waals surface area (Å²) in [4.78, 5) is 11.1. The average Bonchev–Trinajstić information content (AvgIpc) is 2.26. The second-order valence-electron chi connectivity index (χ2n) is 3.64. The Hall–Kier alpha value is -1.55. The predicted octanol–water partition coefficient (Wildman–Crippen LogP) is 0.942. The second kappa shape index (κ2) is 4.31. The first-order valence-corrected chi connectivity index (χ1v) is 5.16. The molecule has 1 heterocycles. The molecule has 4 heteroatoms. The maximum absolute atomic E-state index is 11.1. The Morgan fingerprint density at radius 2 is 2.27 bits per heavy atom. The van der Waals surface area contributed by atoms with Crippen molar-refractivity contribution in [3.8, 4) is 0 Å². The Kier molecular flexibility index (Phi) is 2.87. The number of carbonyl (C=O) groups is 1. The molecule has 0 spiro atoms. The van der Waals surface area contributed by atoms with Gasteiger partial charge in [-0.25, -0.2) is 0 Å². The van der Waals surface area contributed by atoms with Crippen molar-refractivity contribution >= 4 is 17.3 Å². The van der Waals surface area contributed by atoms with Crippen molar-refractivity contribution in [2.75, 3.05) is 23.7 Å². The van der Waals surface area contributed by atoms with E-state index >= 15 is 0 Å². The Balaban J connectivity index is 2.15. The summed E-state index contributed by atoms with van der Waals surface area (Å²) in [7, 11) is 0. The van der Waals surface area contributed by atoms with Crippen LogP contribution in [0, 0.1) is 0 Å². The first kappa shape index (κ1) is 9.98. The first-order chi connectivity index (χ1) is 7.29. The zero-order chi connectivity index (χ0) is 10.7. The smallest absolute Gasteiger partial charge is 0.224 e. The zero-order valence-corrected chi connectivity index (χ0v) is 8.55. The van der Waals surface area contributed by atoms with Crippen molar-refractivity contribution in [3.05, 3.63) is 23.8 Å². The van der Waals surface area contributed by atoms with E-state index in [1.807, 2.05) is 12.1 Å². The van der Waals surface area contributed by atoms with Crippen molar-refractivity contribution < 1.29 is 4.79 Å². The van der Waals surface area contributed by atoms with Crippen molar-refractivity contribution in [2.45, 2.75) is 12.8 Å². The number of carbonyl (C=O) groups excluding carboxylic acids is 1. The van der Waals surface area contributed by atoms with Gasteiger partial charge >= 0.3 is 0 Å². The maximum atomic E-state index is 11.1. The fourth-order valence-corrected chi connectivity index (χ4v) is 1.71. The molecule has 0 saturated carbocycles. The number of rotatable bonds is 3. The summed E-state index contributed by atoms with van der Waals surface area (Å²) in [5, 5.41) is 6.07. The van der Waals surface area contributed by atoms with Crippen LogP contribution in [-0.2, 0) is 11.2 Å². The van der Waals surface area contributed by atoms with Gasteiger partial charge in [-0.05, 0) is 30.2 Å². The van der Waals surface area contributed by atoms with Crippen LogP contribution in [0.3, 0.4) is 0 Å². The van der Waals surface area contributed by atoms with E-state index in [2.05, 4.69) is 16.7 Å². The number of fused-ring (bicyclic) bond motifs is 1. The zero-order valence-electron chi connectivity index (χ0n) is 8.55. The Labute approximate surface area is 88.9 Å². The highest BCUT2D eigenvalue weighted by atomic mass is 16.1. The van der Waals surface area contributed by atoms with Gasteiger partial charge in [0.25, 0.3) is 0 Å². The van der Waals surface area contributed by atoms with Crippen molar-refractivity contribution in [2.24, 2.45) is 5.73 Å². The van der Waals surface area contributed by atoms with Gasteiger partial charge < -0.3 is 16.4 Å². The number of aryl methyl sites for hydroxylation is 1. The molecule has 0 unspecified atom stereocenters. The van der Waals surface area contributed by atoms with Crippen molar-refractivity contribution in [3.63, 3.8) is 0 Å². The lowest BCUT2D eigenvalue weighted by atomic mass is 10.0. The van der Waals surface area contributed by atoms with Crippen LogP contribution in [-0.4, -0.2) is 19.0 Å². The normalized spacial score (nSPS) is 14.3. The first-order valence-electron chi connectivity index (χ1n) is 5.16. The number of amides is 1. The molecule has 4 nitrogen and oxygen atoms in total. The minimum absolute atomic E-state index is 0.102. The minimum Gasteiger partial charge on any atom is -0.384 e. The molecule has 0 aliphatic carbocycles. The highest BCUT2D eigenvalue weighted by Crippen LogP contribution is 2.25. The average molecular weight is 205 g/mol. The van der Waals surface area contributed by atoms with E-state index in [-0.39, 0.29) is 5.91 Å². The molecule has 0 saturated heterocycles. The lowest BCUT2D eigenvalue weighted by Gasteiger charge is -2.17. The standard InChI is InChI=1S/C11H15N3O/c12-5-6-13-9-2-3-10-8(7-9)1-4-11(15)14-10/h2-3,7,13H,1,4-6,12H2,(H,14,15). The highest BCUT2D eigenvalue weighted by Gasteiger charge is 2.14. The van der Waals surface area contributed by atoms with Gasteiger partial charge in [-0.2, -0.15) is 0 Å². The van der Waals surface area contributed by atoms with Crippen LogP contribution in [0.25, 0.3) is 0 Å². The van der Waals surface area contributed by atoms with Crippen LogP contribution < -0.4 is 16.4 Å². The van der Waals surface area contributed by atoms with E-state index < -0.39 is 0 Å². The third-order valence-electron chi connectivity index (χ3n) is 2.47. The Morgan fingerprint density at radius 3 is 3.07 bits per heavy atom. The summed E-state index contributed by atoms with van der Waals surface area (Å²) < 4.78 is 0. The molecule has 15 heavy (non-hydrogen) atoms. The molecular formula is C11H15N3O. The molecule has 0 radical (unpaired) electrons. The van der Waals surface area contributed by atoms with Crippen LogP contribution in [0.5, 0.6) is 0 Å². The third kappa shape index (κ3) is 2.27. The summed E-state index contributed by atoms with van der Waals surface area (Å²) in [6.07, 6.45) is 1.40. The lowest BCUT2D eigenvalue weighted by molar-refractivity contribution is -0.116. The largest absolute Gasteiger partial charge is 0.384 e. The number of nitrogens with two attached hydrogens (primary N) is 1. The lowest BCUT2D eigenvalue weighted by Crippen LogP contribution is -2.19. The molecule has 0 fully saturated rings. The molecule has 0 atom stereocenters. The van der Waals surface area contributed by atoms with E-state index in [1.165, 1.54) is 5.56 Å². The number of hydrogen-bond donors (Lipinski definition) is 3. The monoisotopic (exact) mass is 205 g/mol. The van der Waals surface area contributed by atoms with Gasteiger partial charge in [-0.15, -0.1) is 0 Å². The Bertz CT molecular complexity index is 376. The topological polar surface area (TPSA) is 67.1 Å². The number of benzene rings is 1. The number of anilines is 2. The molecule has 1 amide bonds. The highest BCUT2D eigenvalue weighted by molar-refractivity contribution is 5.94. The summed E-state index contributed by atoms with van der Waals surface area (Å²) in [5.41, 5.74) is 8.60. The molecular weight excluding hydrogens is 190 g/mol. The van der Waals surface area contributed by atoms with Crippen LogP contribution in [0.1, 0.15) is 12.0 Å². The van der Waals surface area contributed by atoms with Crippen molar-refractivity contribution in [1.29, 1.82) is 0 Å². The van der Waals surface area contributed by atoms with Gasteiger partial charge in [0.15, 0.2) is 0 Å². The van der Waals surface area contributed by atoms with E-state index in [0.29, 0.717) is 13.0 Å². The van der Waals surface area contributed by atoms with Gasteiger partial charge in [0, 0.05) is 30.9 Å². The van der Waals surface area contributed by atoms with Crippen LogP contribution in [0.15, 0.2) is 18.2 Å². The Morgan fingerprint density at radius 1 is 1.40 bits per heavy atom. The SMILES string of the molecule is NCCNc1ccc2c(c1)CCC(=O)N2. The molecule has 80 valence electrons. The predicted molar refractivity (Wildman–Crippen MR) is 60.9 cm³/mol. The number of hydrogen-bond acceptors (Lipinski definition) is 3. The number of nitrogens with one attached hydrogen (secondary N) is 2.